The molecular weight excluding hydrogens is 354 g/mol. The molecular formula is C22H27NO3Si. The van der Waals surface area contributed by atoms with Crippen LogP contribution in [0.4, 0.5) is 4.79 Å². The predicted molar refractivity (Wildman–Crippen MR) is 111 cm³/mol. The lowest BCUT2D eigenvalue weighted by Crippen LogP contribution is -2.67. The zero-order chi connectivity index (χ0) is 19.5. The van der Waals surface area contributed by atoms with Gasteiger partial charge in [-0.15, -0.1) is 0 Å². The molecule has 5 heteroatoms. The fourth-order valence-electron chi connectivity index (χ4n) is 3.92. The van der Waals surface area contributed by atoms with Gasteiger partial charge < -0.3 is 9.53 Å². The average molecular weight is 382 g/mol. The average Bonchev–Trinajstić information content (AvgIpc) is 3.12. The summed E-state index contributed by atoms with van der Waals surface area (Å²) >= 11 is 0. The number of carboxylic acid groups (broad SMARTS) is 1. The number of carbonyl (C=O) groups is 1. The quantitative estimate of drug-likeness (QED) is 0.801. The van der Waals surface area contributed by atoms with Gasteiger partial charge >= 0.3 is 6.09 Å². The van der Waals surface area contributed by atoms with E-state index in [9.17, 15) is 9.90 Å². The number of hydrogen-bond acceptors (Lipinski definition) is 2. The molecule has 1 aliphatic rings. The van der Waals surface area contributed by atoms with E-state index in [0.29, 0.717) is 13.0 Å². The van der Waals surface area contributed by atoms with Crippen LogP contribution in [0.1, 0.15) is 27.2 Å². The first-order chi connectivity index (χ1) is 12.9. The van der Waals surface area contributed by atoms with Crippen molar-refractivity contribution in [2.45, 2.75) is 38.3 Å². The Morgan fingerprint density at radius 1 is 1.07 bits per heavy atom. The van der Waals surface area contributed by atoms with Gasteiger partial charge in [-0.1, -0.05) is 87.5 Å². The summed E-state index contributed by atoms with van der Waals surface area (Å²) in [5, 5.41) is 11.7. The van der Waals surface area contributed by atoms with Crippen LogP contribution in [-0.2, 0) is 4.43 Å². The SMILES string of the molecule is CC(C)(C)[Si](OC[C@H]1CC=CN1C(=O)O)(c1ccccc1)c1ccccc1. The Labute approximate surface area is 162 Å². The van der Waals surface area contributed by atoms with Crippen molar-refractivity contribution < 1.29 is 14.3 Å². The van der Waals surface area contributed by atoms with Crippen molar-refractivity contribution in [1.29, 1.82) is 0 Å². The molecule has 0 saturated heterocycles. The maximum atomic E-state index is 11.5. The van der Waals surface area contributed by atoms with Crippen molar-refractivity contribution in [1.82, 2.24) is 4.90 Å². The van der Waals surface area contributed by atoms with Crippen LogP contribution in [0.2, 0.25) is 5.04 Å². The van der Waals surface area contributed by atoms with Gasteiger partial charge in [-0.05, 0) is 21.8 Å². The van der Waals surface area contributed by atoms with E-state index in [4.69, 9.17) is 4.43 Å². The third-order valence-corrected chi connectivity index (χ3v) is 10.2. The summed E-state index contributed by atoms with van der Waals surface area (Å²) < 4.78 is 6.82. The lowest BCUT2D eigenvalue weighted by Gasteiger charge is -2.43. The second kappa shape index (κ2) is 7.70. The molecule has 2 aromatic carbocycles. The minimum absolute atomic E-state index is 0.115. The van der Waals surface area contributed by atoms with Crippen LogP contribution in [0, 0.1) is 0 Å². The molecule has 0 fully saturated rings. The van der Waals surface area contributed by atoms with Crippen molar-refractivity contribution in [2.75, 3.05) is 6.61 Å². The molecule has 4 nitrogen and oxygen atoms in total. The van der Waals surface area contributed by atoms with Gasteiger partial charge in [-0.3, -0.25) is 4.90 Å². The molecule has 1 aliphatic heterocycles. The second-order valence-electron chi connectivity index (χ2n) is 7.94. The molecule has 1 amide bonds. The third kappa shape index (κ3) is 3.70. The van der Waals surface area contributed by atoms with Gasteiger partial charge in [0, 0.05) is 6.20 Å². The van der Waals surface area contributed by atoms with Gasteiger partial charge in [0.1, 0.15) is 0 Å². The first-order valence-electron chi connectivity index (χ1n) is 9.29. The fourth-order valence-corrected chi connectivity index (χ4v) is 8.52. The first-order valence-corrected chi connectivity index (χ1v) is 11.2. The molecule has 142 valence electrons. The molecule has 27 heavy (non-hydrogen) atoms. The number of hydrogen-bond donors (Lipinski definition) is 1. The van der Waals surface area contributed by atoms with Crippen LogP contribution in [0.25, 0.3) is 0 Å². The highest BCUT2D eigenvalue weighted by atomic mass is 28.4. The normalized spacial score (nSPS) is 17.3. The zero-order valence-electron chi connectivity index (χ0n) is 16.1. The maximum Gasteiger partial charge on any atom is 0.411 e. The zero-order valence-corrected chi connectivity index (χ0v) is 17.1. The molecule has 0 bridgehead atoms. The number of amides is 1. The monoisotopic (exact) mass is 381 g/mol. The van der Waals surface area contributed by atoms with Crippen LogP contribution >= 0.6 is 0 Å². The molecule has 0 unspecified atom stereocenters. The molecule has 0 aromatic heterocycles. The summed E-state index contributed by atoms with van der Waals surface area (Å²) in [5.74, 6) is 0. The van der Waals surface area contributed by atoms with Gasteiger partial charge in [0.2, 0.25) is 0 Å². The third-order valence-electron chi connectivity index (χ3n) is 5.20. The van der Waals surface area contributed by atoms with E-state index in [-0.39, 0.29) is 11.1 Å². The standard InChI is InChI=1S/C22H27NO3Si/c1-22(2,3)27(19-12-6-4-7-13-19,20-14-8-5-9-15-20)26-17-18-11-10-16-23(18)21(24)25/h4-10,12-16,18H,11,17H2,1-3H3,(H,24,25)/t18-/m1/s1. The topological polar surface area (TPSA) is 49.8 Å². The highest BCUT2D eigenvalue weighted by Crippen LogP contribution is 2.37. The Hall–Kier alpha value is -2.37. The summed E-state index contributed by atoms with van der Waals surface area (Å²) in [7, 11) is -2.63. The van der Waals surface area contributed by atoms with Gasteiger partial charge in [-0.2, -0.15) is 0 Å². The van der Waals surface area contributed by atoms with E-state index in [1.165, 1.54) is 15.3 Å². The minimum Gasteiger partial charge on any atom is -0.465 e. The van der Waals surface area contributed by atoms with Crippen LogP contribution < -0.4 is 10.4 Å². The lowest BCUT2D eigenvalue weighted by atomic mass is 10.2. The number of rotatable bonds is 5. The largest absolute Gasteiger partial charge is 0.465 e. The van der Waals surface area contributed by atoms with Gasteiger partial charge in [0.15, 0.2) is 0 Å². The molecule has 1 atom stereocenters. The molecule has 0 aliphatic carbocycles. The molecule has 0 spiro atoms. The molecule has 3 rings (SSSR count). The van der Waals surface area contributed by atoms with Gasteiger partial charge in [0.25, 0.3) is 8.32 Å². The Balaban J connectivity index is 2.03. The predicted octanol–water partition coefficient (Wildman–Crippen LogP) is 3.83. The van der Waals surface area contributed by atoms with E-state index < -0.39 is 14.4 Å². The van der Waals surface area contributed by atoms with E-state index in [1.54, 1.807) is 6.20 Å². The van der Waals surface area contributed by atoms with Crippen LogP contribution in [0.3, 0.4) is 0 Å². The summed E-state index contributed by atoms with van der Waals surface area (Å²) in [4.78, 5) is 12.9. The summed E-state index contributed by atoms with van der Waals surface area (Å²) in [6, 6.07) is 20.6. The number of nitrogens with zero attached hydrogens (tertiary/aromatic N) is 1. The Bertz CT molecular complexity index is 760. The summed E-state index contributed by atoms with van der Waals surface area (Å²) in [6.45, 7) is 7.05. The maximum absolute atomic E-state index is 11.5. The van der Waals surface area contributed by atoms with Crippen molar-refractivity contribution in [2.24, 2.45) is 0 Å². The summed E-state index contributed by atoms with van der Waals surface area (Å²) in [6.07, 6.45) is 3.29. The van der Waals surface area contributed by atoms with Crippen molar-refractivity contribution in [3.8, 4) is 0 Å². The first kappa shape index (κ1) is 19.4. The highest BCUT2D eigenvalue weighted by Gasteiger charge is 2.50. The minimum atomic E-state index is -2.63. The summed E-state index contributed by atoms with van der Waals surface area (Å²) in [5.41, 5.74) is 0. The molecule has 0 radical (unpaired) electrons. The van der Waals surface area contributed by atoms with Crippen molar-refractivity contribution >= 4 is 24.8 Å². The second-order valence-corrected chi connectivity index (χ2v) is 12.2. The van der Waals surface area contributed by atoms with Crippen LogP contribution in [0.15, 0.2) is 72.9 Å². The lowest BCUT2D eigenvalue weighted by molar-refractivity contribution is 0.133. The molecule has 0 saturated carbocycles. The van der Waals surface area contributed by atoms with Crippen molar-refractivity contribution in [3.05, 3.63) is 72.9 Å². The Morgan fingerprint density at radius 2 is 1.59 bits per heavy atom. The van der Waals surface area contributed by atoms with E-state index in [2.05, 4.69) is 69.3 Å². The molecule has 1 heterocycles. The van der Waals surface area contributed by atoms with Crippen molar-refractivity contribution in [3.63, 3.8) is 0 Å². The smallest absolute Gasteiger partial charge is 0.411 e. The van der Waals surface area contributed by atoms with E-state index >= 15 is 0 Å². The van der Waals surface area contributed by atoms with Gasteiger partial charge in [0.05, 0.1) is 12.6 Å². The Morgan fingerprint density at radius 3 is 2.04 bits per heavy atom. The van der Waals surface area contributed by atoms with E-state index in [1.807, 2.05) is 18.2 Å². The highest BCUT2D eigenvalue weighted by molar-refractivity contribution is 6.99. The van der Waals surface area contributed by atoms with E-state index in [0.717, 1.165) is 0 Å². The van der Waals surface area contributed by atoms with Crippen LogP contribution in [0.5, 0.6) is 0 Å². The fraction of sp³-hybridized carbons (Fsp3) is 0.318. The Kier molecular flexibility index (Phi) is 5.53. The van der Waals surface area contributed by atoms with Crippen LogP contribution in [-0.4, -0.2) is 37.1 Å². The van der Waals surface area contributed by atoms with Gasteiger partial charge in [-0.25, -0.2) is 4.79 Å². The molecule has 2 aromatic rings. The number of benzene rings is 2. The molecule has 1 N–H and O–H groups in total.